The summed E-state index contributed by atoms with van der Waals surface area (Å²) in [5.74, 6) is 0.254. The summed E-state index contributed by atoms with van der Waals surface area (Å²) < 4.78 is 0. The van der Waals surface area contributed by atoms with E-state index in [4.69, 9.17) is 11.6 Å². The lowest BCUT2D eigenvalue weighted by Crippen LogP contribution is -2.33. The number of benzene rings is 1. The molecule has 1 aromatic carbocycles. The molecule has 1 aliphatic rings. The van der Waals surface area contributed by atoms with E-state index >= 15 is 0 Å². The van der Waals surface area contributed by atoms with E-state index in [0.717, 1.165) is 24.1 Å². The van der Waals surface area contributed by atoms with Gasteiger partial charge < -0.3 is 10.6 Å². The number of amides is 1. The molecule has 0 atom stereocenters. The van der Waals surface area contributed by atoms with Crippen LogP contribution < -0.4 is 10.6 Å². The minimum absolute atomic E-state index is 0.143. The predicted molar refractivity (Wildman–Crippen MR) is 91.2 cm³/mol. The maximum Gasteiger partial charge on any atom is 0.270 e. The number of anilines is 2. The molecule has 1 aliphatic carbocycles. The molecule has 0 spiro atoms. The number of carbonyl (C=O) groups is 1. The molecule has 0 bridgehead atoms. The van der Waals surface area contributed by atoms with E-state index in [-0.39, 0.29) is 11.9 Å². The summed E-state index contributed by atoms with van der Waals surface area (Å²) in [5, 5.41) is 6.84. The van der Waals surface area contributed by atoms with Gasteiger partial charge in [-0.1, -0.05) is 24.4 Å². The second-order valence-electron chi connectivity index (χ2n) is 5.80. The minimum Gasteiger partial charge on any atom is -0.348 e. The van der Waals surface area contributed by atoms with Crippen molar-refractivity contribution in [3.63, 3.8) is 0 Å². The highest BCUT2D eigenvalue weighted by Gasteiger charge is 2.19. The Labute approximate surface area is 140 Å². The van der Waals surface area contributed by atoms with Gasteiger partial charge in [0, 0.05) is 22.9 Å². The van der Waals surface area contributed by atoms with Crippen LogP contribution in [0.5, 0.6) is 0 Å². The Kier molecular flexibility index (Phi) is 4.76. The largest absolute Gasteiger partial charge is 0.348 e. The van der Waals surface area contributed by atoms with Crippen molar-refractivity contribution in [1.82, 2.24) is 15.3 Å². The van der Waals surface area contributed by atoms with E-state index in [1.54, 1.807) is 18.3 Å². The monoisotopic (exact) mass is 330 g/mol. The number of rotatable bonds is 4. The van der Waals surface area contributed by atoms with E-state index in [0.29, 0.717) is 16.7 Å². The fourth-order valence-electron chi connectivity index (χ4n) is 2.76. The van der Waals surface area contributed by atoms with Crippen molar-refractivity contribution < 1.29 is 4.79 Å². The van der Waals surface area contributed by atoms with Crippen molar-refractivity contribution in [3.05, 3.63) is 46.7 Å². The van der Waals surface area contributed by atoms with Crippen molar-refractivity contribution in [2.75, 3.05) is 5.32 Å². The van der Waals surface area contributed by atoms with Crippen LogP contribution in [0.15, 0.2) is 30.5 Å². The summed E-state index contributed by atoms with van der Waals surface area (Å²) in [6.07, 6.45) is 6.04. The molecule has 1 heterocycles. The molecule has 0 saturated heterocycles. The van der Waals surface area contributed by atoms with E-state index in [1.165, 1.54) is 12.8 Å². The lowest BCUT2D eigenvalue weighted by Gasteiger charge is -2.12. The van der Waals surface area contributed by atoms with Crippen molar-refractivity contribution in [1.29, 1.82) is 0 Å². The summed E-state index contributed by atoms with van der Waals surface area (Å²) in [5.41, 5.74) is 2.23. The summed E-state index contributed by atoms with van der Waals surface area (Å²) in [6.45, 7) is 1.95. The summed E-state index contributed by atoms with van der Waals surface area (Å²) in [6, 6.07) is 7.43. The molecule has 1 saturated carbocycles. The second-order valence-corrected chi connectivity index (χ2v) is 6.24. The smallest absolute Gasteiger partial charge is 0.270 e. The van der Waals surface area contributed by atoms with Crippen molar-refractivity contribution in [2.45, 2.75) is 38.6 Å². The first-order chi connectivity index (χ1) is 11.1. The third-order valence-electron chi connectivity index (χ3n) is 4.01. The quantitative estimate of drug-likeness (QED) is 0.893. The topological polar surface area (TPSA) is 66.9 Å². The van der Waals surface area contributed by atoms with Gasteiger partial charge in [0.25, 0.3) is 5.91 Å². The molecule has 1 fully saturated rings. The first-order valence-electron chi connectivity index (χ1n) is 7.79. The van der Waals surface area contributed by atoms with Crippen LogP contribution in [0.2, 0.25) is 5.02 Å². The Morgan fingerprint density at radius 1 is 1.26 bits per heavy atom. The Hall–Kier alpha value is -2.14. The molecule has 23 heavy (non-hydrogen) atoms. The molecule has 0 radical (unpaired) electrons. The molecule has 6 heteroatoms. The van der Waals surface area contributed by atoms with Crippen molar-refractivity contribution >= 4 is 29.1 Å². The molecule has 1 amide bonds. The Bertz CT molecular complexity index is 713. The zero-order valence-electron chi connectivity index (χ0n) is 13.0. The number of aromatic nitrogens is 2. The number of aryl methyl sites for hydroxylation is 1. The molecular formula is C17H19ClN4O. The first-order valence-corrected chi connectivity index (χ1v) is 8.17. The second kappa shape index (κ2) is 6.96. The van der Waals surface area contributed by atoms with Crippen molar-refractivity contribution in [3.8, 4) is 0 Å². The lowest BCUT2D eigenvalue weighted by atomic mass is 10.2. The van der Waals surface area contributed by atoms with E-state index in [9.17, 15) is 4.79 Å². The Balaban J connectivity index is 1.72. The van der Waals surface area contributed by atoms with Gasteiger partial charge in [-0.05, 0) is 49.6 Å². The van der Waals surface area contributed by atoms with Crippen LogP contribution in [0.1, 0.15) is 41.7 Å². The third kappa shape index (κ3) is 3.99. The minimum atomic E-state index is -0.143. The highest BCUT2D eigenvalue weighted by atomic mass is 35.5. The van der Waals surface area contributed by atoms with Gasteiger partial charge in [-0.25, -0.2) is 9.97 Å². The van der Waals surface area contributed by atoms with E-state index in [2.05, 4.69) is 20.6 Å². The highest BCUT2D eigenvalue weighted by Crippen LogP contribution is 2.22. The molecule has 2 aromatic rings. The molecule has 120 valence electrons. The van der Waals surface area contributed by atoms with Gasteiger partial charge in [-0.2, -0.15) is 0 Å². The fraction of sp³-hybridized carbons (Fsp3) is 0.353. The van der Waals surface area contributed by atoms with Crippen LogP contribution >= 0.6 is 11.6 Å². The molecule has 3 rings (SSSR count). The standard InChI is InChI=1S/C17H19ClN4O/c1-11-10-12(18)6-7-14(11)21-17-19-9-8-15(22-17)16(23)20-13-4-2-3-5-13/h6-10,13H,2-5H2,1H3,(H,20,23)(H,19,21,22). The van der Waals surface area contributed by atoms with E-state index < -0.39 is 0 Å². The lowest BCUT2D eigenvalue weighted by molar-refractivity contribution is 0.0933. The van der Waals surface area contributed by atoms with Gasteiger partial charge in [-0.15, -0.1) is 0 Å². The van der Waals surface area contributed by atoms with Crippen LogP contribution in [0.3, 0.4) is 0 Å². The van der Waals surface area contributed by atoms with Gasteiger partial charge in [0.2, 0.25) is 5.95 Å². The SMILES string of the molecule is Cc1cc(Cl)ccc1Nc1nccc(C(=O)NC2CCCC2)n1. The van der Waals surface area contributed by atoms with Gasteiger partial charge >= 0.3 is 0 Å². The molecule has 5 nitrogen and oxygen atoms in total. The maximum atomic E-state index is 12.3. The van der Waals surface area contributed by atoms with Crippen LogP contribution in [0.25, 0.3) is 0 Å². The Morgan fingerprint density at radius 2 is 2.04 bits per heavy atom. The van der Waals surface area contributed by atoms with Gasteiger partial charge in [0.1, 0.15) is 5.69 Å². The number of nitrogens with zero attached hydrogens (tertiary/aromatic N) is 2. The molecule has 0 unspecified atom stereocenters. The first kappa shape index (κ1) is 15.7. The average Bonchev–Trinajstić information content (AvgIpc) is 3.03. The maximum absolute atomic E-state index is 12.3. The summed E-state index contributed by atoms with van der Waals surface area (Å²) in [4.78, 5) is 20.8. The number of halogens is 1. The summed E-state index contributed by atoms with van der Waals surface area (Å²) in [7, 11) is 0. The molecule has 2 N–H and O–H groups in total. The van der Waals surface area contributed by atoms with Crippen molar-refractivity contribution in [2.24, 2.45) is 0 Å². The fourth-order valence-corrected chi connectivity index (χ4v) is 2.99. The summed E-state index contributed by atoms with van der Waals surface area (Å²) >= 11 is 5.96. The Morgan fingerprint density at radius 3 is 2.78 bits per heavy atom. The van der Waals surface area contributed by atoms with Crippen LogP contribution in [0, 0.1) is 6.92 Å². The molecule has 0 aliphatic heterocycles. The number of hydrogen-bond donors (Lipinski definition) is 2. The zero-order chi connectivity index (χ0) is 16.2. The zero-order valence-corrected chi connectivity index (χ0v) is 13.7. The molecular weight excluding hydrogens is 312 g/mol. The third-order valence-corrected chi connectivity index (χ3v) is 4.25. The van der Waals surface area contributed by atoms with Gasteiger partial charge in [-0.3, -0.25) is 4.79 Å². The van der Waals surface area contributed by atoms with E-state index in [1.807, 2.05) is 19.1 Å². The molecule has 1 aromatic heterocycles. The number of carbonyl (C=O) groups excluding carboxylic acids is 1. The normalized spacial score (nSPS) is 14.7. The van der Waals surface area contributed by atoms with Gasteiger partial charge in [0.05, 0.1) is 0 Å². The number of hydrogen-bond acceptors (Lipinski definition) is 4. The van der Waals surface area contributed by atoms with Crippen LogP contribution in [-0.2, 0) is 0 Å². The van der Waals surface area contributed by atoms with Crippen LogP contribution in [-0.4, -0.2) is 21.9 Å². The van der Waals surface area contributed by atoms with Crippen LogP contribution in [0.4, 0.5) is 11.6 Å². The number of nitrogens with one attached hydrogen (secondary N) is 2. The highest BCUT2D eigenvalue weighted by molar-refractivity contribution is 6.30. The van der Waals surface area contributed by atoms with Gasteiger partial charge in [0.15, 0.2) is 0 Å². The predicted octanol–water partition coefficient (Wildman–Crippen LogP) is 3.85. The average molecular weight is 331 g/mol.